The van der Waals surface area contributed by atoms with Gasteiger partial charge in [-0.05, 0) is 34.2 Å². The van der Waals surface area contributed by atoms with Gasteiger partial charge < -0.3 is 0 Å². The topological polar surface area (TPSA) is 20.3 Å². The number of hydrogen-bond acceptors (Lipinski definition) is 3. The second-order valence-corrected chi connectivity index (χ2v) is 9.07. The van der Waals surface area contributed by atoms with Gasteiger partial charge in [-0.2, -0.15) is 0 Å². The Morgan fingerprint density at radius 3 is 1.72 bits per heavy atom. The van der Waals surface area contributed by atoms with Crippen molar-refractivity contribution in [3.8, 4) is 0 Å². The molecule has 0 bridgehead atoms. The molecule has 0 unspecified atom stereocenters. The molecule has 0 spiro atoms. The SMILES string of the molecule is O=C1CCN(C(c2ccccc2)(c2ccccc2)c2ccccc2)C/C1=C/c1cccs1. The zero-order valence-corrected chi connectivity index (χ0v) is 18.7. The van der Waals surface area contributed by atoms with Crippen molar-refractivity contribution in [3.63, 3.8) is 0 Å². The van der Waals surface area contributed by atoms with E-state index in [0.717, 1.165) is 10.5 Å². The van der Waals surface area contributed by atoms with Crippen LogP contribution in [0.1, 0.15) is 28.0 Å². The van der Waals surface area contributed by atoms with Gasteiger partial charge in [-0.3, -0.25) is 9.69 Å². The van der Waals surface area contributed by atoms with Crippen LogP contribution in [-0.4, -0.2) is 23.8 Å². The van der Waals surface area contributed by atoms with Crippen molar-refractivity contribution >= 4 is 23.2 Å². The highest BCUT2D eigenvalue weighted by atomic mass is 32.1. The Morgan fingerprint density at radius 1 is 0.719 bits per heavy atom. The number of carbonyl (C=O) groups is 1. The van der Waals surface area contributed by atoms with Crippen LogP contribution in [0.4, 0.5) is 0 Å². The van der Waals surface area contributed by atoms with Crippen molar-refractivity contribution in [3.05, 3.63) is 136 Å². The average Bonchev–Trinajstić information content (AvgIpc) is 3.37. The van der Waals surface area contributed by atoms with E-state index in [2.05, 4.69) is 113 Å². The predicted octanol–water partition coefficient (Wildman–Crippen LogP) is 6.40. The largest absolute Gasteiger partial charge is 0.294 e. The number of thiophene rings is 1. The maximum absolute atomic E-state index is 12.9. The summed E-state index contributed by atoms with van der Waals surface area (Å²) in [7, 11) is 0. The third kappa shape index (κ3) is 3.75. The molecule has 4 aromatic rings. The van der Waals surface area contributed by atoms with E-state index in [9.17, 15) is 4.79 Å². The van der Waals surface area contributed by atoms with E-state index in [1.165, 1.54) is 16.7 Å². The molecule has 32 heavy (non-hydrogen) atoms. The zero-order chi connectivity index (χ0) is 21.8. The average molecular weight is 436 g/mol. The van der Waals surface area contributed by atoms with E-state index in [-0.39, 0.29) is 5.78 Å². The molecule has 1 saturated heterocycles. The Hall–Kier alpha value is -3.27. The molecule has 0 N–H and O–H groups in total. The lowest BCUT2D eigenvalue weighted by molar-refractivity contribution is -0.117. The fraction of sp³-hybridized carbons (Fsp3) is 0.138. The molecule has 3 aromatic carbocycles. The van der Waals surface area contributed by atoms with Crippen molar-refractivity contribution < 1.29 is 4.79 Å². The van der Waals surface area contributed by atoms with Gasteiger partial charge in [0.15, 0.2) is 5.78 Å². The monoisotopic (exact) mass is 435 g/mol. The molecule has 2 heterocycles. The molecule has 158 valence electrons. The number of nitrogens with zero attached hydrogens (tertiary/aromatic N) is 1. The summed E-state index contributed by atoms with van der Waals surface area (Å²) in [5.41, 5.74) is 4.02. The molecule has 1 fully saturated rings. The number of piperidine rings is 1. The molecule has 0 amide bonds. The van der Waals surface area contributed by atoms with Crippen molar-refractivity contribution in [2.75, 3.05) is 13.1 Å². The molecule has 1 aliphatic heterocycles. The third-order valence-electron chi connectivity index (χ3n) is 6.24. The molecule has 0 radical (unpaired) electrons. The second kappa shape index (κ2) is 9.07. The van der Waals surface area contributed by atoms with Gasteiger partial charge in [-0.15, -0.1) is 11.3 Å². The summed E-state index contributed by atoms with van der Waals surface area (Å²) < 4.78 is 0. The molecule has 1 aromatic heterocycles. The Labute approximate surface area is 193 Å². The number of likely N-dealkylation sites (tertiary alicyclic amines) is 1. The van der Waals surface area contributed by atoms with Gasteiger partial charge in [0.2, 0.25) is 0 Å². The summed E-state index contributed by atoms with van der Waals surface area (Å²) in [4.78, 5) is 16.5. The molecule has 1 aliphatic rings. The number of benzene rings is 3. The summed E-state index contributed by atoms with van der Waals surface area (Å²) in [5, 5.41) is 2.06. The van der Waals surface area contributed by atoms with Crippen LogP contribution >= 0.6 is 11.3 Å². The normalized spacial score (nSPS) is 16.4. The summed E-state index contributed by atoms with van der Waals surface area (Å²) in [6.07, 6.45) is 2.59. The number of carbonyl (C=O) groups excluding carboxylic acids is 1. The third-order valence-corrected chi connectivity index (χ3v) is 7.06. The van der Waals surface area contributed by atoms with Gasteiger partial charge in [0.25, 0.3) is 0 Å². The van der Waals surface area contributed by atoms with Crippen LogP contribution in [0.25, 0.3) is 6.08 Å². The fourth-order valence-corrected chi connectivity index (χ4v) is 5.49. The van der Waals surface area contributed by atoms with E-state index >= 15 is 0 Å². The minimum absolute atomic E-state index is 0.248. The summed E-state index contributed by atoms with van der Waals surface area (Å²) in [6.45, 7) is 1.31. The Kier molecular flexibility index (Phi) is 5.85. The van der Waals surface area contributed by atoms with Gasteiger partial charge in [0, 0.05) is 30.0 Å². The lowest BCUT2D eigenvalue weighted by Crippen LogP contribution is -2.52. The molecule has 0 atom stereocenters. The maximum atomic E-state index is 12.9. The first-order valence-electron chi connectivity index (χ1n) is 11.0. The smallest absolute Gasteiger partial charge is 0.161 e. The number of rotatable bonds is 5. The first kappa shape index (κ1) is 20.6. The summed E-state index contributed by atoms with van der Waals surface area (Å²) >= 11 is 1.67. The fourth-order valence-electron chi connectivity index (χ4n) is 4.81. The molecule has 0 saturated carbocycles. The van der Waals surface area contributed by atoms with Crippen LogP contribution in [0.2, 0.25) is 0 Å². The van der Waals surface area contributed by atoms with Crippen LogP contribution in [0.3, 0.4) is 0 Å². The van der Waals surface area contributed by atoms with Crippen molar-refractivity contribution in [1.82, 2.24) is 4.90 Å². The van der Waals surface area contributed by atoms with Gasteiger partial charge >= 0.3 is 0 Å². The molecule has 3 heteroatoms. The van der Waals surface area contributed by atoms with Crippen LogP contribution < -0.4 is 0 Å². The minimum atomic E-state index is -0.487. The molecule has 5 rings (SSSR count). The molecular weight excluding hydrogens is 410 g/mol. The Morgan fingerprint density at radius 2 is 1.25 bits per heavy atom. The van der Waals surface area contributed by atoms with Crippen LogP contribution in [-0.2, 0) is 10.3 Å². The summed E-state index contributed by atoms with van der Waals surface area (Å²) in [5.74, 6) is 0.248. The van der Waals surface area contributed by atoms with E-state index in [0.29, 0.717) is 19.5 Å². The minimum Gasteiger partial charge on any atom is -0.294 e. The number of hydrogen-bond donors (Lipinski definition) is 0. The molecule has 2 nitrogen and oxygen atoms in total. The van der Waals surface area contributed by atoms with E-state index in [1.54, 1.807) is 11.3 Å². The lowest BCUT2D eigenvalue weighted by atomic mass is 9.74. The van der Waals surface area contributed by atoms with Crippen molar-refractivity contribution in [2.24, 2.45) is 0 Å². The lowest BCUT2D eigenvalue weighted by Gasteiger charge is -2.47. The maximum Gasteiger partial charge on any atom is 0.161 e. The van der Waals surface area contributed by atoms with Gasteiger partial charge in [0.05, 0.1) is 5.54 Å². The van der Waals surface area contributed by atoms with Crippen LogP contribution in [0.5, 0.6) is 0 Å². The summed E-state index contributed by atoms with van der Waals surface area (Å²) in [6, 6.07) is 36.2. The first-order valence-corrected chi connectivity index (χ1v) is 11.9. The van der Waals surface area contributed by atoms with Crippen molar-refractivity contribution in [1.29, 1.82) is 0 Å². The molecular formula is C29H25NOS. The van der Waals surface area contributed by atoms with E-state index in [4.69, 9.17) is 0 Å². The standard InChI is InChI=1S/C29H25NOS/c31-28-18-19-30(22-23(28)21-27-17-10-20-32-27)29(24-11-4-1-5-12-24,25-13-6-2-7-14-25)26-15-8-3-9-16-26/h1-17,20-21H,18-19,22H2/b23-21-. The highest BCUT2D eigenvalue weighted by molar-refractivity contribution is 7.10. The van der Waals surface area contributed by atoms with E-state index in [1.807, 2.05) is 6.07 Å². The van der Waals surface area contributed by atoms with E-state index < -0.39 is 5.54 Å². The van der Waals surface area contributed by atoms with Gasteiger partial charge in [0.1, 0.15) is 0 Å². The van der Waals surface area contributed by atoms with Gasteiger partial charge in [-0.1, -0.05) is 97.1 Å². The Balaban J connectivity index is 1.72. The van der Waals surface area contributed by atoms with Gasteiger partial charge in [-0.25, -0.2) is 0 Å². The van der Waals surface area contributed by atoms with Crippen molar-refractivity contribution in [2.45, 2.75) is 12.0 Å². The Bertz CT molecular complexity index is 1100. The number of Topliss-reactive ketones (excluding diaryl/α,β-unsaturated/α-hetero) is 1. The zero-order valence-electron chi connectivity index (χ0n) is 17.9. The first-order chi connectivity index (χ1) is 15.8. The van der Waals surface area contributed by atoms with Crippen LogP contribution in [0, 0.1) is 0 Å². The number of ketones is 1. The second-order valence-electron chi connectivity index (χ2n) is 8.09. The quantitative estimate of drug-likeness (QED) is 0.267. The highest BCUT2D eigenvalue weighted by Gasteiger charge is 2.44. The van der Waals surface area contributed by atoms with Crippen LogP contribution in [0.15, 0.2) is 114 Å². The molecule has 0 aliphatic carbocycles. The highest BCUT2D eigenvalue weighted by Crippen LogP contribution is 2.44. The predicted molar refractivity (Wildman–Crippen MR) is 133 cm³/mol.